The number of hydrogen-bond donors (Lipinski definition) is 1. The van der Waals surface area contributed by atoms with Crippen LogP contribution in [0.25, 0.3) is 0 Å². The number of nitrogens with one attached hydrogen (secondary N) is 1. The van der Waals surface area contributed by atoms with Gasteiger partial charge in [-0.25, -0.2) is 4.98 Å². The topological polar surface area (TPSA) is 54.7 Å². The molecule has 0 radical (unpaired) electrons. The van der Waals surface area contributed by atoms with Crippen LogP contribution in [-0.4, -0.2) is 54.3 Å². The molecule has 6 nitrogen and oxygen atoms in total. The number of hydrogen-bond acceptors (Lipinski definition) is 3. The summed E-state index contributed by atoms with van der Waals surface area (Å²) in [6, 6.07) is 10.4. The fraction of sp³-hybridized carbons (Fsp3) is 0.474. The molecule has 1 aromatic carbocycles. The Hall–Kier alpha value is -2.34. The first-order chi connectivity index (χ1) is 12.3. The van der Waals surface area contributed by atoms with Crippen LogP contribution in [-0.2, 0) is 17.8 Å². The molecule has 0 spiro atoms. The molecule has 1 saturated heterocycles. The molecule has 2 aromatic rings. The van der Waals surface area contributed by atoms with Crippen LogP contribution < -0.4 is 5.32 Å². The Kier molecular flexibility index (Phi) is 6.06. The summed E-state index contributed by atoms with van der Waals surface area (Å²) in [5.74, 6) is 2.48. The average molecular weight is 341 g/mol. The first-order valence-electron chi connectivity index (χ1n) is 8.79. The van der Waals surface area contributed by atoms with Gasteiger partial charge in [0.2, 0.25) is 0 Å². The van der Waals surface area contributed by atoms with Gasteiger partial charge in [0.05, 0.1) is 13.2 Å². The zero-order valence-corrected chi connectivity index (χ0v) is 15.1. The standard InChI is InChI=1S/C19H27N5O/c1-20-19(23(2)13-17-8-11-25-15-17)22-12-18-21-9-10-24(18)14-16-6-4-3-5-7-16/h3-7,9-10,17H,8,11-15H2,1-2H3,(H,20,22). The third-order valence-corrected chi connectivity index (χ3v) is 4.53. The first-order valence-corrected chi connectivity index (χ1v) is 8.79. The van der Waals surface area contributed by atoms with Crippen molar-refractivity contribution < 1.29 is 4.74 Å². The van der Waals surface area contributed by atoms with Crippen molar-refractivity contribution in [3.05, 3.63) is 54.1 Å². The SMILES string of the molecule is CN=C(NCc1nccn1Cc1ccccc1)N(C)CC1CCOC1. The van der Waals surface area contributed by atoms with Crippen molar-refractivity contribution in [2.45, 2.75) is 19.5 Å². The van der Waals surface area contributed by atoms with E-state index in [1.54, 1.807) is 0 Å². The summed E-state index contributed by atoms with van der Waals surface area (Å²) < 4.78 is 7.63. The maximum Gasteiger partial charge on any atom is 0.193 e. The van der Waals surface area contributed by atoms with Crippen molar-refractivity contribution in [2.75, 3.05) is 33.9 Å². The van der Waals surface area contributed by atoms with E-state index in [1.165, 1.54) is 5.56 Å². The smallest absolute Gasteiger partial charge is 0.193 e. The predicted octanol–water partition coefficient (Wildman–Crippen LogP) is 1.98. The monoisotopic (exact) mass is 341 g/mol. The molecular weight excluding hydrogens is 314 g/mol. The maximum absolute atomic E-state index is 5.46. The predicted molar refractivity (Wildman–Crippen MR) is 99.5 cm³/mol. The van der Waals surface area contributed by atoms with E-state index >= 15 is 0 Å². The van der Waals surface area contributed by atoms with Gasteiger partial charge >= 0.3 is 0 Å². The minimum atomic E-state index is 0.587. The fourth-order valence-corrected chi connectivity index (χ4v) is 3.18. The maximum atomic E-state index is 5.46. The summed E-state index contributed by atoms with van der Waals surface area (Å²) in [5.41, 5.74) is 1.27. The van der Waals surface area contributed by atoms with Gasteiger partial charge in [-0.2, -0.15) is 0 Å². The molecular formula is C19H27N5O. The molecule has 1 atom stereocenters. The number of aromatic nitrogens is 2. The minimum Gasteiger partial charge on any atom is -0.381 e. The van der Waals surface area contributed by atoms with Crippen LogP contribution >= 0.6 is 0 Å². The van der Waals surface area contributed by atoms with Crippen LogP contribution in [0.4, 0.5) is 0 Å². The quantitative estimate of drug-likeness (QED) is 0.645. The van der Waals surface area contributed by atoms with E-state index < -0.39 is 0 Å². The second-order valence-corrected chi connectivity index (χ2v) is 6.47. The number of guanidine groups is 1. The second-order valence-electron chi connectivity index (χ2n) is 6.47. The molecule has 0 amide bonds. The summed E-state index contributed by atoms with van der Waals surface area (Å²) in [7, 11) is 3.89. The normalized spacial score (nSPS) is 17.7. The van der Waals surface area contributed by atoms with Crippen molar-refractivity contribution in [3.63, 3.8) is 0 Å². The lowest BCUT2D eigenvalue weighted by atomic mass is 10.1. The highest BCUT2D eigenvalue weighted by Crippen LogP contribution is 2.13. The molecule has 0 saturated carbocycles. The van der Waals surface area contributed by atoms with Gasteiger partial charge in [0.25, 0.3) is 0 Å². The van der Waals surface area contributed by atoms with Crippen LogP contribution in [0.2, 0.25) is 0 Å². The van der Waals surface area contributed by atoms with Gasteiger partial charge in [-0.05, 0) is 12.0 Å². The Morgan fingerprint density at radius 1 is 1.40 bits per heavy atom. The Labute approximate surface area is 149 Å². The number of imidazole rings is 1. The minimum absolute atomic E-state index is 0.587. The van der Waals surface area contributed by atoms with E-state index in [0.29, 0.717) is 12.5 Å². The van der Waals surface area contributed by atoms with Gasteiger partial charge in [0.15, 0.2) is 5.96 Å². The van der Waals surface area contributed by atoms with E-state index in [2.05, 4.69) is 56.1 Å². The van der Waals surface area contributed by atoms with Crippen molar-refractivity contribution in [3.8, 4) is 0 Å². The molecule has 1 aliphatic heterocycles. The van der Waals surface area contributed by atoms with Gasteiger partial charge in [-0.3, -0.25) is 4.99 Å². The summed E-state index contributed by atoms with van der Waals surface area (Å²) in [5, 5.41) is 3.42. The highest BCUT2D eigenvalue weighted by atomic mass is 16.5. The summed E-state index contributed by atoms with van der Waals surface area (Å²) in [6.45, 7) is 4.16. The number of nitrogens with zero attached hydrogens (tertiary/aromatic N) is 4. The summed E-state index contributed by atoms with van der Waals surface area (Å²) in [4.78, 5) is 11.1. The molecule has 1 unspecified atom stereocenters. The molecule has 6 heteroatoms. The van der Waals surface area contributed by atoms with Crippen LogP contribution in [0, 0.1) is 5.92 Å². The Morgan fingerprint density at radius 2 is 2.24 bits per heavy atom. The Bertz CT molecular complexity index is 676. The highest BCUT2D eigenvalue weighted by Gasteiger charge is 2.19. The summed E-state index contributed by atoms with van der Waals surface area (Å²) in [6.07, 6.45) is 5.00. The van der Waals surface area contributed by atoms with Crippen LogP contribution in [0.5, 0.6) is 0 Å². The third kappa shape index (κ3) is 4.82. The molecule has 1 fully saturated rings. The molecule has 1 aliphatic rings. The zero-order valence-electron chi connectivity index (χ0n) is 15.1. The lowest BCUT2D eigenvalue weighted by molar-refractivity contribution is 0.181. The van der Waals surface area contributed by atoms with Gasteiger partial charge < -0.3 is 19.5 Å². The number of benzene rings is 1. The third-order valence-electron chi connectivity index (χ3n) is 4.53. The molecule has 0 aliphatic carbocycles. The van der Waals surface area contributed by atoms with Crippen molar-refractivity contribution in [2.24, 2.45) is 10.9 Å². The second kappa shape index (κ2) is 8.67. The van der Waals surface area contributed by atoms with Gasteiger partial charge in [-0.15, -0.1) is 0 Å². The molecule has 25 heavy (non-hydrogen) atoms. The Balaban J connectivity index is 1.56. The van der Waals surface area contributed by atoms with Crippen molar-refractivity contribution in [1.82, 2.24) is 19.8 Å². The van der Waals surface area contributed by atoms with E-state index in [1.807, 2.05) is 25.5 Å². The molecule has 0 bridgehead atoms. The summed E-state index contributed by atoms with van der Waals surface area (Å²) >= 11 is 0. The van der Waals surface area contributed by atoms with E-state index in [-0.39, 0.29) is 0 Å². The van der Waals surface area contributed by atoms with Crippen molar-refractivity contribution in [1.29, 1.82) is 0 Å². The molecule has 2 heterocycles. The number of rotatable bonds is 6. The zero-order chi connectivity index (χ0) is 17.5. The number of aliphatic imine (C=N–C) groups is 1. The van der Waals surface area contributed by atoms with Crippen molar-refractivity contribution >= 4 is 5.96 Å². The van der Waals surface area contributed by atoms with E-state index in [9.17, 15) is 0 Å². The van der Waals surface area contributed by atoms with Gasteiger partial charge in [0, 0.05) is 52.1 Å². The lowest BCUT2D eigenvalue weighted by Gasteiger charge is -2.24. The average Bonchev–Trinajstić information content (AvgIpc) is 3.29. The van der Waals surface area contributed by atoms with Crippen LogP contribution in [0.1, 0.15) is 17.8 Å². The van der Waals surface area contributed by atoms with E-state index in [4.69, 9.17) is 4.74 Å². The molecule has 1 N–H and O–H groups in total. The van der Waals surface area contributed by atoms with Crippen LogP contribution in [0.3, 0.4) is 0 Å². The lowest BCUT2D eigenvalue weighted by Crippen LogP contribution is -2.41. The fourth-order valence-electron chi connectivity index (χ4n) is 3.18. The highest BCUT2D eigenvalue weighted by molar-refractivity contribution is 5.79. The van der Waals surface area contributed by atoms with Crippen LogP contribution in [0.15, 0.2) is 47.7 Å². The molecule has 134 valence electrons. The first kappa shape index (κ1) is 17.5. The number of ether oxygens (including phenoxy) is 1. The molecule has 1 aromatic heterocycles. The van der Waals surface area contributed by atoms with E-state index in [0.717, 1.165) is 44.5 Å². The largest absolute Gasteiger partial charge is 0.381 e. The van der Waals surface area contributed by atoms with Gasteiger partial charge in [0.1, 0.15) is 5.82 Å². The van der Waals surface area contributed by atoms with Gasteiger partial charge in [-0.1, -0.05) is 30.3 Å². The Morgan fingerprint density at radius 3 is 2.96 bits per heavy atom. The molecule has 3 rings (SSSR count).